The summed E-state index contributed by atoms with van der Waals surface area (Å²) < 4.78 is 58.7. The Morgan fingerprint density at radius 2 is 1.27 bits per heavy atom. The second-order valence-corrected chi connectivity index (χ2v) is 30.1. The van der Waals surface area contributed by atoms with Crippen LogP contribution in [0.3, 0.4) is 0 Å². The van der Waals surface area contributed by atoms with E-state index in [4.69, 9.17) is 29.4 Å². The number of benzene rings is 2. The molecule has 2 heterocycles. The fourth-order valence-corrected chi connectivity index (χ4v) is 14.8. The monoisotopic (exact) mass is 1450 g/mol. The molecule has 5 N–H and O–H groups in total. The molecule has 8 amide bonds. The lowest BCUT2D eigenvalue weighted by molar-refractivity contribution is -0.149. The quantitative estimate of drug-likeness (QED) is 0.0447. The number of ether oxygens (including phenoxy) is 5. The van der Waals surface area contributed by atoms with Gasteiger partial charge >= 0.3 is 6.03 Å². The van der Waals surface area contributed by atoms with Crippen molar-refractivity contribution >= 4 is 74.6 Å². The van der Waals surface area contributed by atoms with Crippen molar-refractivity contribution in [2.45, 2.75) is 181 Å². The topological polar surface area (TPSA) is 343 Å². The van der Waals surface area contributed by atoms with Gasteiger partial charge in [-0.05, 0) is 86.6 Å². The van der Waals surface area contributed by atoms with Gasteiger partial charge in [-0.25, -0.2) is 13.2 Å². The van der Waals surface area contributed by atoms with E-state index in [1.807, 2.05) is 60.5 Å². The molecule has 1 fully saturated rings. The Hall–Kier alpha value is -7.14. The fraction of sp³-hybridized carbons (Fsp3) is 0.667. The lowest BCUT2D eigenvalue weighted by Crippen LogP contribution is -2.54. The summed E-state index contributed by atoms with van der Waals surface area (Å²) >= 11 is 0. The number of urea groups is 1. The van der Waals surface area contributed by atoms with Gasteiger partial charge in [0.25, 0.3) is 11.8 Å². The molecule has 2 aliphatic heterocycles. The van der Waals surface area contributed by atoms with E-state index >= 15 is 0 Å². The van der Waals surface area contributed by atoms with Crippen LogP contribution in [0, 0.1) is 47.3 Å². The number of methoxy groups -OCH3 is 2. The lowest BCUT2D eigenvalue weighted by atomic mass is 9.83. The summed E-state index contributed by atoms with van der Waals surface area (Å²) in [5.74, 6) is -8.14. The molecule has 0 aromatic heterocycles. The summed E-state index contributed by atoms with van der Waals surface area (Å²) in [5, 5.41) is 5.32. The molecule has 102 heavy (non-hydrogen) atoms. The maximum absolute atomic E-state index is 14.7. The summed E-state index contributed by atoms with van der Waals surface area (Å²) in [7, 11) is 4.04. The Bertz CT molecular complexity index is 3190. The van der Waals surface area contributed by atoms with E-state index < -0.39 is 87.6 Å². The molecule has 0 saturated carbocycles. The Morgan fingerprint density at radius 3 is 1.83 bits per heavy atom. The van der Waals surface area contributed by atoms with Crippen molar-refractivity contribution in [3.63, 3.8) is 0 Å². The molecule has 0 aliphatic carbocycles. The number of nitrogens with two attached hydrogens (primary N) is 1. The Labute approximate surface area is 604 Å². The van der Waals surface area contributed by atoms with Crippen LogP contribution in [0.5, 0.6) is 0 Å². The van der Waals surface area contributed by atoms with Crippen LogP contribution < -0.4 is 21.1 Å². The number of likely N-dealkylation sites (N-methyl/N-ethyl adjacent to an activating group) is 2. The van der Waals surface area contributed by atoms with Crippen LogP contribution in [-0.2, 0) is 100 Å². The van der Waals surface area contributed by atoms with Gasteiger partial charge in [0.2, 0.25) is 33.7 Å². The van der Waals surface area contributed by atoms with Crippen molar-refractivity contribution in [2.24, 2.45) is 53.1 Å². The average molecular weight is 1450 g/mol. The summed E-state index contributed by atoms with van der Waals surface area (Å²) in [6, 6.07) is 11.8. The minimum Gasteiger partial charge on any atom is -0.379 e. The van der Waals surface area contributed by atoms with Crippen molar-refractivity contribution in [2.75, 3.05) is 94.6 Å². The van der Waals surface area contributed by atoms with Crippen LogP contribution >= 0.6 is 0 Å². The van der Waals surface area contributed by atoms with Gasteiger partial charge in [0.1, 0.15) is 11.6 Å². The smallest absolute Gasteiger partial charge is 0.312 e. The predicted octanol–water partition coefficient (Wildman–Crippen LogP) is 5.83. The highest BCUT2D eigenvalue weighted by atomic mass is 32.2. The van der Waals surface area contributed by atoms with Gasteiger partial charge < -0.3 is 49.9 Å². The molecular formula is C75H116N8O18S. The van der Waals surface area contributed by atoms with E-state index in [0.717, 1.165) is 4.90 Å². The zero-order valence-electron chi connectivity index (χ0n) is 62.6. The maximum atomic E-state index is 14.7. The number of Topliss-reactive ketones (excluding diaryl/α,β-unsaturated/α-hetero) is 4. The molecule has 1 unspecified atom stereocenters. The van der Waals surface area contributed by atoms with Crippen LogP contribution in [0.1, 0.15) is 143 Å². The van der Waals surface area contributed by atoms with Crippen LogP contribution in [-0.4, -0.2) is 224 Å². The largest absolute Gasteiger partial charge is 0.379 e. The fourth-order valence-electron chi connectivity index (χ4n) is 13.6. The highest BCUT2D eigenvalue weighted by Crippen LogP contribution is 2.33. The van der Waals surface area contributed by atoms with Crippen LogP contribution in [0.4, 0.5) is 4.79 Å². The molecule has 2 aliphatic rings. The van der Waals surface area contributed by atoms with Crippen molar-refractivity contribution in [3.05, 3.63) is 83.4 Å². The number of primary amides is 1. The number of likely N-dealkylation sites (tertiary alicyclic amines) is 1. The number of carbonyl (C=O) groups is 11. The summed E-state index contributed by atoms with van der Waals surface area (Å²) in [6.45, 7) is 18.9. The second kappa shape index (κ2) is 43.8. The van der Waals surface area contributed by atoms with E-state index in [1.54, 1.807) is 80.1 Å². The number of hydrogen-bond acceptors (Lipinski definition) is 19. The number of rotatable bonds is 50. The number of nitrogens with one attached hydrogen (secondary N) is 3. The molecule has 26 nitrogen and oxygen atoms in total. The standard InChI is InChI=1S/C75H116N8O18S/c1-15-51(8)70(81(12)74(93)59(49(4)5)45-64(87)69(50(6)7)80(10)11)65(97-13)46-68(90)82-33-20-24-61(82)71(98-14)52(9)62(85)43-56(41-53-21-17-16-18-22-53)72(91)79-102(95,96)47-55-27-25-54(26-28-55)42-63(86)60(23-19-32-77-75(76)94)78-73(92)58(48(2)3)44-57(84)31-35-99-37-39-101-40-38-100-36-34-83-66(88)29-30-67(83)89/h16-18,21-22,25-30,48-52,56,58-61,65,69-71H,15,19-20,23-24,31-47H2,1-14H3,(H,78,92)(H,79,91)(H3,76,77,94)/t51-,52-,56+,58-,59-,60-,61-,65+,69-,70-,71?/m0/s1. The third kappa shape index (κ3) is 28.1. The molecule has 0 bridgehead atoms. The minimum atomic E-state index is -4.40. The third-order valence-electron chi connectivity index (χ3n) is 19.5. The molecule has 2 aromatic carbocycles. The van der Waals surface area contributed by atoms with Crippen molar-refractivity contribution in [1.29, 1.82) is 0 Å². The zero-order valence-corrected chi connectivity index (χ0v) is 63.4. The predicted molar refractivity (Wildman–Crippen MR) is 385 cm³/mol. The van der Waals surface area contributed by atoms with Crippen molar-refractivity contribution < 1.29 is 84.8 Å². The maximum Gasteiger partial charge on any atom is 0.312 e. The molecule has 2 aromatic rings. The number of carbonyl (C=O) groups excluding carboxylic acids is 11. The molecule has 11 atom stereocenters. The molecular weight excluding hydrogens is 1330 g/mol. The van der Waals surface area contributed by atoms with Gasteiger partial charge in [-0.1, -0.05) is 123 Å². The first kappa shape index (κ1) is 87.3. The molecule has 27 heteroatoms. The van der Waals surface area contributed by atoms with Gasteiger partial charge in [-0.3, -0.25) is 62.5 Å². The summed E-state index contributed by atoms with van der Waals surface area (Å²) in [4.78, 5) is 154. The van der Waals surface area contributed by atoms with Crippen LogP contribution in [0.2, 0.25) is 0 Å². The van der Waals surface area contributed by atoms with Crippen molar-refractivity contribution in [3.8, 4) is 0 Å². The normalized spacial score (nSPS) is 17.1. The Morgan fingerprint density at radius 1 is 0.676 bits per heavy atom. The average Bonchev–Trinajstić information content (AvgIpc) is 1.73. The van der Waals surface area contributed by atoms with Gasteiger partial charge in [0, 0.05) is 102 Å². The number of amides is 8. The van der Waals surface area contributed by atoms with E-state index in [1.165, 1.54) is 38.5 Å². The number of sulfonamides is 1. The SMILES string of the molecule is CC[C@H](C)[C@@H]([C@@H](CC(=O)N1CCC[C@H]1C(OC)[C@@H](C)C(=O)C[C@@H](Cc1ccccc1)C(=O)NS(=O)(=O)Cc1ccc(CC(=O)[C@H](CCCNC(N)=O)NC(=O)[C@@H](CC(=O)CCOCCOCCOCCN2C(=O)C=CC2=O)C(C)C)cc1)OC)N(C)C(=O)[C@@H](CC(=O)[C@H](C(C)C)N(C)C)C(C)C. The first-order valence-corrected chi connectivity index (χ1v) is 37.5. The first-order chi connectivity index (χ1) is 48.2. The van der Waals surface area contributed by atoms with E-state index in [9.17, 15) is 61.2 Å². The zero-order chi connectivity index (χ0) is 76.0. The van der Waals surface area contributed by atoms with Gasteiger partial charge in [0.15, 0.2) is 11.6 Å². The van der Waals surface area contributed by atoms with E-state index in [2.05, 4.69) is 15.4 Å². The number of nitrogens with zero attached hydrogens (tertiary/aromatic N) is 4. The summed E-state index contributed by atoms with van der Waals surface area (Å²) in [6.07, 6.45) is 2.45. The van der Waals surface area contributed by atoms with Gasteiger partial charge in [-0.15, -0.1) is 0 Å². The molecule has 4 rings (SSSR count). The van der Waals surface area contributed by atoms with Crippen LogP contribution in [0.25, 0.3) is 0 Å². The van der Waals surface area contributed by atoms with E-state index in [0.29, 0.717) is 36.9 Å². The summed E-state index contributed by atoms with van der Waals surface area (Å²) in [5.41, 5.74) is 6.72. The second-order valence-electron chi connectivity index (χ2n) is 28.3. The third-order valence-corrected chi connectivity index (χ3v) is 20.7. The van der Waals surface area contributed by atoms with Gasteiger partial charge in [0.05, 0.1) is 94.7 Å². The Kier molecular flexibility index (Phi) is 37.5. The molecule has 570 valence electrons. The Balaban J connectivity index is 1.39. The molecule has 0 spiro atoms. The number of ketones is 4. The van der Waals surface area contributed by atoms with Gasteiger partial charge in [-0.2, -0.15) is 0 Å². The highest BCUT2D eigenvalue weighted by Gasteiger charge is 2.44. The lowest BCUT2D eigenvalue weighted by Gasteiger charge is -2.41. The van der Waals surface area contributed by atoms with E-state index in [-0.39, 0.29) is 193 Å². The van der Waals surface area contributed by atoms with Crippen molar-refractivity contribution in [1.82, 2.24) is 35.0 Å². The number of imide groups is 1. The number of hydrogen-bond donors (Lipinski definition) is 4. The first-order valence-electron chi connectivity index (χ1n) is 35.9. The van der Waals surface area contributed by atoms with Crippen LogP contribution in [0.15, 0.2) is 66.7 Å². The highest BCUT2D eigenvalue weighted by molar-refractivity contribution is 7.89. The molecule has 1 saturated heterocycles. The minimum absolute atomic E-state index is 0.00910. The molecule has 0 radical (unpaired) electrons.